The van der Waals surface area contributed by atoms with Crippen molar-refractivity contribution in [2.45, 2.75) is 37.3 Å². The number of hydrogen-bond donors (Lipinski definition) is 1. The molecule has 2 N–H and O–H groups in total. The van der Waals surface area contributed by atoms with Crippen LogP contribution in [0.3, 0.4) is 0 Å². The average Bonchev–Trinajstić information content (AvgIpc) is 2.15. The Bertz CT molecular complexity index is 349. The average molecular weight is 211 g/mol. The van der Waals surface area contributed by atoms with Crippen molar-refractivity contribution in [1.82, 2.24) is 0 Å². The number of nitrogen functional groups attached to an aromatic ring is 1. The van der Waals surface area contributed by atoms with Crippen molar-refractivity contribution in [1.29, 1.82) is 0 Å². The fraction of sp³-hybridized carbons (Fsp3) is 0.455. The van der Waals surface area contributed by atoms with Crippen LogP contribution in [0.15, 0.2) is 23.1 Å². The first-order valence-electron chi connectivity index (χ1n) is 4.83. The second-order valence-electron chi connectivity index (χ2n) is 3.56. The first-order chi connectivity index (χ1) is 6.56. The largest absolute Gasteiger partial charge is 0.398 e. The van der Waals surface area contributed by atoms with Crippen LogP contribution in [0.1, 0.15) is 25.8 Å². The molecule has 0 spiro atoms. The maximum absolute atomic E-state index is 11.9. The van der Waals surface area contributed by atoms with Crippen LogP contribution in [-0.4, -0.2) is 9.46 Å². The van der Waals surface area contributed by atoms with E-state index in [4.69, 9.17) is 5.73 Å². The van der Waals surface area contributed by atoms with Crippen LogP contribution in [0.2, 0.25) is 0 Å². The van der Waals surface area contributed by atoms with Crippen LogP contribution in [-0.2, 0) is 10.8 Å². The molecule has 1 aromatic carbocycles. The lowest BCUT2D eigenvalue weighted by molar-refractivity contribution is 0.670. The number of aryl methyl sites for hydroxylation is 1. The molecule has 0 aliphatic heterocycles. The lowest BCUT2D eigenvalue weighted by Gasteiger charge is -2.11. The molecule has 2 unspecified atom stereocenters. The van der Waals surface area contributed by atoms with Crippen molar-refractivity contribution in [2.75, 3.05) is 5.73 Å². The highest BCUT2D eigenvalue weighted by Crippen LogP contribution is 2.21. The van der Waals surface area contributed by atoms with Gasteiger partial charge in [-0.2, -0.15) is 0 Å². The Labute approximate surface area is 88.0 Å². The number of anilines is 1. The zero-order chi connectivity index (χ0) is 10.7. The van der Waals surface area contributed by atoms with E-state index in [9.17, 15) is 4.21 Å². The predicted molar refractivity (Wildman–Crippen MR) is 61.8 cm³/mol. The summed E-state index contributed by atoms with van der Waals surface area (Å²) in [6.07, 6.45) is 0.903. The molecule has 1 aromatic rings. The van der Waals surface area contributed by atoms with Crippen LogP contribution >= 0.6 is 0 Å². The highest BCUT2D eigenvalue weighted by Gasteiger charge is 2.13. The Balaban J connectivity index is 3.02. The summed E-state index contributed by atoms with van der Waals surface area (Å²) in [5.74, 6) is 0. The van der Waals surface area contributed by atoms with Crippen LogP contribution < -0.4 is 5.73 Å². The van der Waals surface area contributed by atoms with Gasteiger partial charge in [0.15, 0.2) is 0 Å². The van der Waals surface area contributed by atoms with E-state index in [-0.39, 0.29) is 5.25 Å². The fourth-order valence-corrected chi connectivity index (χ4v) is 2.45. The van der Waals surface area contributed by atoms with Gasteiger partial charge in [-0.25, -0.2) is 0 Å². The number of benzene rings is 1. The van der Waals surface area contributed by atoms with Crippen LogP contribution in [0.25, 0.3) is 0 Å². The predicted octanol–water partition coefficient (Wildman–Crippen LogP) is 2.48. The molecule has 14 heavy (non-hydrogen) atoms. The normalized spacial score (nSPS) is 15.1. The molecular weight excluding hydrogens is 194 g/mol. The van der Waals surface area contributed by atoms with E-state index in [0.717, 1.165) is 16.9 Å². The van der Waals surface area contributed by atoms with Crippen molar-refractivity contribution in [3.63, 3.8) is 0 Å². The summed E-state index contributed by atoms with van der Waals surface area (Å²) in [5, 5.41) is 0.167. The lowest BCUT2D eigenvalue weighted by Crippen LogP contribution is -2.11. The van der Waals surface area contributed by atoms with Gasteiger partial charge >= 0.3 is 0 Å². The van der Waals surface area contributed by atoms with Gasteiger partial charge < -0.3 is 5.73 Å². The first-order valence-corrected chi connectivity index (χ1v) is 6.04. The minimum Gasteiger partial charge on any atom is -0.398 e. The van der Waals surface area contributed by atoms with E-state index in [1.54, 1.807) is 0 Å². The maximum atomic E-state index is 11.9. The smallest absolute Gasteiger partial charge is 0.0620 e. The molecule has 0 saturated heterocycles. The summed E-state index contributed by atoms with van der Waals surface area (Å²) in [5.41, 5.74) is 7.57. The Morgan fingerprint density at radius 2 is 2.14 bits per heavy atom. The third kappa shape index (κ3) is 2.35. The van der Waals surface area contributed by atoms with Gasteiger partial charge in [-0.05, 0) is 31.0 Å². The van der Waals surface area contributed by atoms with E-state index in [0.29, 0.717) is 5.69 Å². The van der Waals surface area contributed by atoms with Crippen LogP contribution in [0.4, 0.5) is 5.69 Å². The zero-order valence-corrected chi connectivity index (χ0v) is 9.73. The van der Waals surface area contributed by atoms with Gasteiger partial charge in [-0.15, -0.1) is 0 Å². The summed E-state index contributed by atoms with van der Waals surface area (Å²) in [6, 6.07) is 5.69. The Hall–Kier alpha value is -0.830. The van der Waals surface area contributed by atoms with Crippen molar-refractivity contribution >= 4 is 16.5 Å². The molecule has 1 rings (SSSR count). The van der Waals surface area contributed by atoms with E-state index in [1.807, 2.05) is 39.0 Å². The molecule has 2 atom stereocenters. The summed E-state index contributed by atoms with van der Waals surface area (Å²) in [6.45, 7) is 5.99. The van der Waals surface area contributed by atoms with Crippen molar-refractivity contribution < 1.29 is 4.21 Å². The highest BCUT2D eigenvalue weighted by atomic mass is 32.2. The quantitative estimate of drug-likeness (QED) is 0.780. The molecule has 0 aliphatic rings. The second-order valence-corrected chi connectivity index (χ2v) is 5.40. The van der Waals surface area contributed by atoms with Crippen molar-refractivity contribution in [2.24, 2.45) is 0 Å². The molecule has 0 radical (unpaired) electrons. The molecule has 0 heterocycles. The fourth-order valence-electron chi connectivity index (χ4n) is 1.22. The summed E-state index contributed by atoms with van der Waals surface area (Å²) >= 11 is 0. The van der Waals surface area contributed by atoms with Crippen molar-refractivity contribution in [3.05, 3.63) is 23.8 Å². The molecule has 0 aromatic heterocycles. The van der Waals surface area contributed by atoms with Gasteiger partial charge in [0.2, 0.25) is 0 Å². The van der Waals surface area contributed by atoms with Crippen molar-refractivity contribution in [3.8, 4) is 0 Å². The number of rotatable bonds is 3. The Morgan fingerprint density at radius 1 is 1.50 bits per heavy atom. The summed E-state index contributed by atoms with van der Waals surface area (Å²) in [4.78, 5) is 0.768. The van der Waals surface area contributed by atoms with E-state index < -0.39 is 10.8 Å². The van der Waals surface area contributed by atoms with Crippen LogP contribution in [0.5, 0.6) is 0 Å². The third-order valence-corrected chi connectivity index (χ3v) is 4.19. The Morgan fingerprint density at radius 3 is 2.64 bits per heavy atom. The Kier molecular flexibility index (Phi) is 3.69. The molecule has 3 heteroatoms. The van der Waals surface area contributed by atoms with Gasteiger partial charge in [0.25, 0.3) is 0 Å². The SMILES string of the molecule is CCC(C)S(=O)c1ccc(C)cc1N. The van der Waals surface area contributed by atoms with Crippen LogP contribution in [0, 0.1) is 6.92 Å². The monoisotopic (exact) mass is 211 g/mol. The molecule has 78 valence electrons. The van der Waals surface area contributed by atoms with Gasteiger partial charge in [0.1, 0.15) is 0 Å². The highest BCUT2D eigenvalue weighted by molar-refractivity contribution is 7.85. The lowest BCUT2D eigenvalue weighted by atomic mass is 10.2. The van der Waals surface area contributed by atoms with Gasteiger partial charge in [-0.1, -0.05) is 19.9 Å². The molecule has 0 fully saturated rings. The number of hydrogen-bond acceptors (Lipinski definition) is 2. The topological polar surface area (TPSA) is 43.1 Å². The van der Waals surface area contributed by atoms with Gasteiger partial charge in [0.05, 0.1) is 15.7 Å². The molecule has 0 amide bonds. The molecule has 0 saturated carbocycles. The number of nitrogens with two attached hydrogens (primary N) is 1. The molecule has 2 nitrogen and oxygen atoms in total. The van der Waals surface area contributed by atoms with Gasteiger partial charge in [0, 0.05) is 10.9 Å². The third-order valence-electron chi connectivity index (χ3n) is 2.32. The zero-order valence-electron chi connectivity index (χ0n) is 8.91. The van der Waals surface area contributed by atoms with E-state index >= 15 is 0 Å². The van der Waals surface area contributed by atoms with Gasteiger partial charge in [-0.3, -0.25) is 4.21 Å². The minimum absolute atomic E-state index is 0.167. The summed E-state index contributed by atoms with van der Waals surface area (Å²) in [7, 11) is -0.973. The molecule has 0 aliphatic carbocycles. The second kappa shape index (κ2) is 4.60. The molecule has 0 bridgehead atoms. The van der Waals surface area contributed by atoms with E-state index in [1.165, 1.54) is 0 Å². The summed E-state index contributed by atoms with van der Waals surface area (Å²) < 4.78 is 11.9. The minimum atomic E-state index is -0.973. The standard InChI is InChI=1S/C11H17NOS/c1-4-9(3)14(13)11-6-5-8(2)7-10(11)12/h5-7,9H,4,12H2,1-3H3. The molecular formula is C11H17NOS. The first kappa shape index (κ1) is 11.2. The van der Waals surface area contributed by atoms with E-state index in [2.05, 4.69) is 0 Å². The maximum Gasteiger partial charge on any atom is 0.0620 e.